The summed E-state index contributed by atoms with van der Waals surface area (Å²) in [5, 5.41) is 13.3. The number of hydrogen-bond donors (Lipinski definition) is 1. The van der Waals surface area contributed by atoms with Gasteiger partial charge in [-0.25, -0.2) is 0 Å². The van der Waals surface area contributed by atoms with Crippen LogP contribution in [0.5, 0.6) is 0 Å². The second-order valence-electron chi connectivity index (χ2n) is 3.55. The number of nitro benzene ring substituents is 1. The van der Waals surface area contributed by atoms with Crippen LogP contribution in [0.2, 0.25) is 0 Å². The van der Waals surface area contributed by atoms with E-state index < -0.39 is 4.92 Å². The van der Waals surface area contributed by atoms with E-state index in [1.165, 1.54) is 17.8 Å². The van der Waals surface area contributed by atoms with Crippen molar-refractivity contribution >= 4 is 46.0 Å². The van der Waals surface area contributed by atoms with E-state index in [1.54, 1.807) is 36.4 Å². The normalized spacial score (nSPS) is 17.2. The third kappa shape index (κ3) is 3.27. The Balaban J connectivity index is 2.20. The van der Waals surface area contributed by atoms with Crippen LogP contribution in [-0.2, 0) is 4.79 Å². The zero-order chi connectivity index (χ0) is 13.8. The Kier molecular flexibility index (Phi) is 4.08. The van der Waals surface area contributed by atoms with Crippen LogP contribution in [0, 0.1) is 10.1 Å². The first-order valence-corrected chi connectivity index (χ1v) is 6.45. The molecule has 2 rings (SSSR count). The fourth-order valence-electron chi connectivity index (χ4n) is 1.47. The number of carbonyl (C=O) groups excluding carboxylic acids is 1. The second kappa shape index (κ2) is 5.77. The van der Waals surface area contributed by atoms with Gasteiger partial charge in [0, 0.05) is 6.07 Å². The lowest BCUT2D eigenvalue weighted by atomic mass is 10.1. The molecule has 7 heteroatoms. The van der Waals surface area contributed by atoms with E-state index in [1.807, 2.05) is 0 Å². The molecule has 1 N–H and O–H groups in total. The summed E-state index contributed by atoms with van der Waals surface area (Å²) in [7, 11) is 0. The number of nitrogens with zero attached hydrogens (tertiary/aromatic N) is 1. The molecule has 1 heterocycles. The first-order chi connectivity index (χ1) is 9.08. The number of thioether (sulfide) groups is 1. The highest BCUT2D eigenvalue weighted by atomic mass is 32.2. The van der Waals surface area contributed by atoms with Crippen LogP contribution in [0.3, 0.4) is 0 Å². The van der Waals surface area contributed by atoms with Crippen LogP contribution >= 0.6 is 24.0 Å². The zero-order valence-corrected chi connectivity index (χ0v) is 11.2. The fourth-order valence-corrected chi connectivity index (χ4v) is 2.47. The van der Waals surface area contributed by atoms with Crippen LogP contribution in [-0.4, -0.2) is 15.2 Å². The van der Waals surface area contributed by atoms with Gasteiger partial charge in [0.25, 0.3) is 11.6 Å². The fraction of sp³-hybridized carbons (Fsp3) is 0. The molecule has 5 nitrogen and oxygen atoms in total. The molecule has 0 unspecified atom stereocenters. The highest BCUT2D eigenvalue weighted by Crippen LogP contribution is 2.24. The summed E-state index contributed by atoms with van der Waals surface area (Å²) in [6.45, 7) is 0. The van der Waals surface area contributed by atoms with Crippen molar-refractivity contribution in [1.82, 2.24) is 5.32 Å². The van der Waals surface area contributed by atoms with Crippen molar-refractivity contribution in [3.05, 3.63) is 57.0 Å². The van der Waals surface area contributed by atoms with Crippen molar-refractivity contribution in [1.29, 1.82) is 0 Å². The van der Waals surface area contributed by atoms with Crippen molar-refractivity contribution in [3.63, 3.8) is 0 Å². The molecule has 0 saturated carbocycles. The lowest BCUT2D eigenvalue weighted by molar-refractivity contribution is -0.385. The molecule has 96 valence electrons. The third-order valence-corrected chi connectivity index (χ3v) is 3.48. The molecule has 0 radical (unpaired) electrons. The predicted octanol–water partition coefficient (Wildman–Crippen LogP) is 2.64. The number of nitro groups is 1. The predicted molar refractivity (Wildman–Crippen MR) is 78.5 cm³/mol. The molecule has 0 bridgehead atoms. The van der Waals surface area contributed by atoms with Gasteiger partial charge in [0.15, 0.2) is 0 Å². The van der Waals surface area contributed by atoms with E-state index in [0.717, 1.165) is 0 Å². The molecule has 1 aliphatic heterocycles. The molecule has 1 amide bonds. The van der Waals surface area contributed by atoms with Gasteiger partial charge in [0.05, 0.1) is 15.4 Å². The highest BCUT2D eigenvalue weighted by molar-refractivity contribution is 8.26. The summed E-state index contributed by atoms with van der Waals surface area (Å²) >= 11 is 6.01. The SMILES string of the molecule is O=C1NC(=S)S/C1=C\C=C/c1ccccc1[N+](=O)[O-]. The molecular weight excluding hydrogens is 284 g/mol. The van der Waals surface area contributed by atoms with Crippen molar-refractivity contribution in [2.45, 2.75) is 0 Å². The average Bonchev–Trinajstić information content (AvgIpc) is 2.68. The minimum Gasteiger partial charge on any atom is -0.307 e. The van der Waals surface area contributed by atoms with E-state index in [-0.39, 0.29) is 11.6 Å². The lowest BCUT2D eigenvalue weighted by Gasteiger charge is -1.95. The molecule has 0 atom stereocenters. The number of nitrogens with one attached hydrogen (secondary N) is 1. The molecule has 1 saturated heterocycles. The summed E-state index contributed by atoms with van der Waals surface area (Å²) in [4.78, 5) is 22.2. The number of amides is 1. The first-order valence-electron chi connectivity index (χ1n) is 5.23. The van der Waals surface area contributed by atoms with E-state index >= 15 is 0 Å². The summed E-state index contributed by atoms with van der Waals surface area (Å²) < 4.78 is 0.412. The number of hydrogen-bond acceptors (Lipinski definition) is 5. The Hall–Kier alpha value is -1.99. The molecule has 0 aliphatic carbocycles. The number of thiocarbonyl (C=S) groups is 1. The van der Waals surface area contributed by atoms with Crippen LogP contribution in [0.15, 0.2) is 41.3 Å². The molecular formula is C12H8N2O3S2. The molecule has 19 heavy (non-hydrogen) atoms. The van der Waals surface area contributed by atoms with Crippen LogP contribution in [0.25, 0.3) is 6.08 Å². The van der Waals surface area contributed by atoms with E-state index in [2.05, 4.69) is 5.32 Å². The monoisotopic (exact) mass is 292 g/mol. The number of benzene rings is 1. The van der Waals surface area contributed by atoms with Crippen molar-refractivity contribution in [3.8, 4) is 0 Å². The van der Waals surface area contributed by atoms with Gasteiger partial charge in [-0.2, -0.15) is 0 Å². The highest BCUT2D eigenvalue weighted by Gasteiger charge is 2.21. The topological polar surface area (TPSA) is 72.2 Å². The zero-order valence-electron chi connectivity index (χ0n) is 9.53. The molecule has 0 spiro atoms. The van der Waals surface area contributed by atoms with Gasteiger partial charge in [-0.1, -0.05) is 42.2 Å². The van der Waals surface area contributed by atoms with Gasteiger partial charge in [0.2, 0.25) is 0 Å². The van der Waals surface area contributed by atoms with Gasteiger partial charge < -0.3 is 5.32 Å². The Morgan fingerprint density at radius 3 is 2.74 bits per heavy atom. The maximum Gasteiger partial charge on any atom is 0.276 e. The van der Waals surface area contributed by atoms with Crippen LogP contribution < -0.4 is 5.32 Å². The van der Waals surface area contributed by atoms with Crippen molar-refractivity contribution < 1.29 is 9.72 Å². The summed E-state index contributed by atoms with van der Waals surface area (Å²) in [5.41, 5.74) is 0.506. The quantitative estimate of drug-likeness (QED) is 0.401. The Morgan fingerprint density at radius 1 is 1.37 bits per heavy atom. The van der Waals surface area contributed by atoms with E-state index in [0.29, 0.717) is 14.8 Å². The number of allylic oxidation sites excluding steroid dienone is 2. The smallest absolute Gasteiger partial charge is 0.276 e. The molecule has 1 aromatic carbocycles. The summed E-state index contributed by atoms with van der Waals surface area (Å²) in [5.74, 6) is -0.248. The van der Waals surface area contributed by atoms with Gasteiger partial charge >= 0.3 is 0 Å². The second-order valence-corrected chi connectivity index (χ2v) is 5.27. The Bertz CT molecular complexity index is 623. The van der Waals surface area contributed by atoms with Gasteiger partial charge in [-0.3, -0.25) is 14.9 Å². The van der Waals surface area contributed by atoms with Gasteiger partial charge in [0.1, 0.15) is 4.32 Å². The minimum atomic E-state index is -0.445. The Labute approximate surface area is 118 Å². The van der Waals surface area contributed by atoms with Gasteiger partial charge in [-0.05, 0) is 18.2 Å². The van der Waals surface area contributed by atoms with Crippen molar-refractivity contribution in [2.75, 3.05) is 0 Å². The molecule has 1 aliphatic rings. The summed E-state index contributed by atoms with van der Waals surface area (Å²) in [6.07, 6.45) is 4.76. The lowest BCUT2D eigenvalue weighted by Crippen LogP contribution is -2.17. The number of carbonyl (C=O) groups is 1. The third-order valence-electron chi connectivity index (χ3n) is 2.30. The molecule has 1 fully saturated rings. The van der Waals surface area contributed by atoms with Gasteiger partial charge in [-0.15, -0.1) is 0 Å². The minimum absolute atomic E-state index is 0.0243. The van der Waals surface area contributed by atoms with Crippen molar-refractivity contribution in [2.24, 2.45) is 0 Å². The standard InChI is InChI=1S/C12H8N2O3S2/c15-11-10(19-12(18)13-11)7-3-5-8-4-1-2-6-9(8)14(16)17/h1-7H,(H,13,15,18)/b5-3-,10-7-. The maximum atomic E-state index is 11.4. The Morgan fingerprint density at radius 2 is 2.11 bits per heavy atom. The van der Waals surface area contributed by atoms with Crippen LogP contribution in [0.1, 0.15) is 5.56 Å². The first kappa shape index (κ1) is 13.4. The van der Waals surface area contributed by atoms with E-state index in [9.17, 15) is 14.9 Å². The van der Waals surface area contributed by atoms with Crippen LogP contribution in [0.4, 0.5) is 5.69 Å². The molecule has 0 aromatic heterocycles. The maximum absolute atomic E-state index is 11.4. The molecule has 1 aromatic rings. The largest absolute Gasteiger partial charge is 0.307 e. The van der Waals surface area contributed by atoms with E-state index in [4.69, 9.17) is 12.2 Å². The average molecular weight is 292 g/mol. The number of para-hydroxylation sites is 1. The number of rotatable bonds is 3. The summed E-state index contributed by atoms with van der Waals surface area (Å²) in [6, 6.07) is 6.39.